The van der Waals surface area contributed by atoms with E-state index >= 15 is 0 Å². The van der Waals surface area contributed by atoms with E-state index in [2.05, 4.69) is 32.4 Å². The minimum absolute atomic E-state index is 0.626. The van der Waals surface area contributed by atoms with Gasteiger partial charge in [-0.25, -0.2) is 4.98 Å². The molecule has 0 bridgehead atoms. The topological polar surface area (TPSA) is 79.4 Å². The average molecular weight is 406 g/mol. The van der Waals surface area contributed by atoms with Crippen LogP contribution in [0.2, 0.25) is 0 Å². The van der Waals surface area contributed by atoms with E-state index in [1.165, 1.54) is 5.56 Å². The summed E-state index contributed by atoms with van der Waals surface area (Å²) in [6, 6.07) is 22.4. The zero-order chi connectivity index (χ0) is 21.0. The van der Waals surface area contributed by atoms with Crippen LogP contribution in [-0.2, 0) is 13.1 Å². The van der Waals surface area contributed by atoms with Crippen LogP contribution in [0.3, 0.4) is 0 Å². The summed E-state index contributed by atoms with van der Waals surface area (Å²) in [6.45, 7) is 3.39. The number of hydrogen-bond acceptors (Lipinski definition) is 5. The molecule has 0 radical (unpaired) electrons. The zero-order valence-corrected chi connectivity index (χ0v) is 17.2. The molecule has 6 heteroatoms. The van der Waals surface area contributed by atoms with Crippen LogP contribution < -0.4 is 5.32 Å². The van der Waals surface area contributed by atoms with E-state index in [1.807, 2.05) is 61.5 Å². The molecule has 0 saturated heterocycles. The number of nitrogens with one attached hydrogen (secondary N) is 2. The predicted molar refractivity (Wildman–Crippen MR) is 122 cm³/mol. The van der Waals surface area contributed by atoms with E-state index in [0.29, 0.717) is 6.54 Å². The Morgan fingerprint density at radius 3 is 2.48 bits per heavy atom. The number of hydrogen-bond donors (Lipinski definition) is 2. The highest BCUT2D eigenvalue weighted by molar-refractivity contribution is 5.84. The second-order valence-corrected chi connectivity index (χ2v) is 7.42. The fourth-order valence-electron chi connectivity index (χ4n) is 3.62. The molecule has 5 rings (SSSR count). The van der Waals surface area contributed by atoms with Gasteiger partial charge in [0, 0.05) is 30.2 Å². The van der Waals surface area contributed by atoms with E-state index in [0.717, 1.165) is 51.7 Å². The Morgan fingerprint density at radius 2 is 1.65 bits per heavy atom. The van der Waals surface area contributed by atoms with Gasteiger partial charge in [0.2, 0.25) is 0 Å². The molecule has 0 saturated carbocycles. The molecule has 0 aliphatic rings. The quantitative estimate of drug-likeness (QED) is 0.428. The molecule has 2 N–H and O–H groups in total. The van der Waals surface area contributed by atoms with Gasteiger partial charge in [-0.05, 0) is 36.8 Å². The van der Waals surface area contributed by atoms with Crippen molar-refractivity contribution in [1.82, 2.24) is 30.2 Å². The SMILES string of the molecule is Cc1cccc(-c2nc(CNCc3ccccc3)[nH]c2-c2ccc3nccnc3c2)n1. The Bertz CT molecular complexity index is 1330. The van der Waals surface area contributed by atoms with Gasteiger partial charge in [0.05, 0.1) is 29.0 Å². The number of aryl methyl sites for hydroxylation is 1. The Balaban J connectivity index is 1.50. The first-order valence-corrected chi connectivity index (χ1v) is 10.2. The molecule has 0 aliphatic carbocycles. The molecule has 0 unspecified atom stereocenters. The number of benzene rings is 2. The van der Waals surface area contributed by atoms with Crippen LogP contribution in [0.4, 0.5) is 0 Å². The van der Waals surface area contributed by atoms with Gasteiger partial charge in [0.15, 0.2) is 0 Å². The van der Waals surface area contributed by atoms with Crippen molar-refractivity contribution < 1.29 is 0 Å². The minimum atomic E-state index is 0.626. The number of H-pyrrole nitrogens is 1. The Morgan fingerprint density at radius 1 is 0.806 bits per heavy atom. The van der Waals surface area contributed by atoms with Gasteiger partial charge < -0.3 is 10.3 Å². The van der Waals surface area contributed by atoms with E-state index in [-0.39, 0.29) is 0 Å². The molecule has 0 atom stereocenters. The summed E-state index contributed by atoms with van der Waals surface area (Å²) >= 11 is 0. The van der Waals surface area contributed by atoms with Crippen molar-refractivity contribution in [3.63, 3.8) is 0 Å². The number of pyridine rings is 1. The van der Waals surface area contributed by atoms with Crippen LogP contribution in [0.1, 0.15) is 17.1 Å². The zero-order valence-electron chi connectivity index (χ0n) is 17.2. The molecule has 0 amide bonds. The highest BCUT2D eigenvalue weighted by atomic mass is 15.0. The number of fused-ring (bicyclic) bond motifs is 1. The number of aromatic nitrogens is 5. The van der Waals surface area contributed by atoms with Crippen LogP contribution in [0.5, 0.6) is 0 Å². The van der Waals surface area contributed by atoms with Crippen molar-refractivity contribution in [2.24, 2.45) is 0 Å². The minimum Gasteiger partial charge on any atom is -0.340 e. The number of nitrogens with zero attached hydrogens (tertiary/aromatic N) is 4. The third kappa shape index (κ3) is 4.20. The summed E-state index contributed by atoms with van der Waals surface area (Å²) in [5.74, 6) is 0.864. The largest absolute Gasteiger partial charge is 0.340 e. The van der Waals surface area contributed by atoms with E-state index in [9.17, 15) is 0 Å². The second kappa shape index (κ2) is 8.45. The number of imidazole rings is 1. The fraction of sp³-hybridized carbons (Fsp3) is 0.120. The summed E-state index contributed by atoms with van der Waals surface area (Å²) in [5.41, 5.74) is 7.54. The molecular formula is C25H22N6. The van der Waals surface area contributed by atoms with Gasteiger partial charge in [0.25, 0.3) is 0 Å². The van der Waals surface area contributed by atoms with Crippen molar-refractivity contribution in [2.75, 3.05) is 0 Å². The molecule has 5 aromatic rings. The molecule has 152 valence electrons. The first-order chi connectivity index (χ1) is 15.3. The van der Waals surface area contributed by atoms with Crippen molar-refractivity contribution in [2.45, 2.75) is 20.0 Å². The highest BCUT2D eigenvalue weighted by Gasteiger charge is 2.16. The van der Waals surface area contributed by atoms with Gasteiger partial charge in [0.1, 0.15) is 11.5 Å². The second-order valence-electron chi connectivity index (χ2n) is 7.42. The van der Waals surface area contributed by atoms with Gasteiger partial charge in [-0.3, -0.25) is 15.0 Å². The standard InChI is InChI=1S/C25H22N6/c1-17-6-5-9-21(29-17)25-24(19-10-11-20-22(14-19)28-13-12-27-20)30-23(31-25)16-26-15-18-7-3-2-4-8-18/h2-14,26H,15-16H2,1H3,(H,30,31). The molecule has 31 heavy (non-hydrogen) atoms. The average Bonchev–Trinajstić information content (AvgIpc) is 3.24. The first kappa shape index (κ1) is 19.1. The lowest BCUT2D eigenvalue weighted by Crippen LogP contribution is -2.13. The van der Waals surface area contributed by atoms with Gasteiger partial charge in [-0.1, -0.05) is 42.5 Å². The third-order valence-corrected chi connectivity index (χ3v) is 5.11. The maximum atomic E-state index is 4.89. The lowest BCUT2D eigenvalue weighted by Gasteiger charge is -2.05. The third-order valence-electron chi connectivity index (χ3n) is 5.11. The molecule has 6 nitrogen and oxygen atoms in total. The van der Waals surface area contributed by atoms with Gasteiger partial charge >= 0.3 is 0 Å². The first-order valence-electron chi connectivity index (χ1n) is 10.2. The smallest absolute Gasteiger partial charge is 0.121 e. The van der Waals surface area contributed by atoms with Crippen LogP contribution in [0.25, 0.3) is 33.7 Å². The monoisotopic (exact) mass is 406 g/mol. The molecule has 0 spiro atoms. The van der Waals surface area contributed by atoms with Gasteiger partial charge in [-0.15, -0.1) is 0 Å². The van der Waals surface area contributed by atoms with Crippen molar-refractivity contribution in [3.8, 4) is 22.6 Å². The van der Waals surface area contributed by atoms with Gasteiger partial charge in [-0.2, -0.15) is 0 Å². The Kier molecular flexibility index (Phi) is 5.21. The molecule has 3 aromatic heterocycles. The fourth-order valence-corrected chi connectivity index (χ4v) is 3.62. The molecule has 2 aromatic carbocycles. The van der Waals surface area contributed by atoms with Crippen molar-refractivity contribution >= 4 is 11.0 Å². The van der Waals surface area contributed by atoms with Crippen molar-refractivity contribution in [1.29, 1.82) is 0 Å². The predicted octanol–water partition coefficient (Wildman–Crippen LogP) is 4.68. The van der Waals surface area contributed by atoms with E-state index in [4.69, 9.17) is 9.97 Å². The summed E-state index contributed by atoms with van der Waals surface area (Å²) in [4.78, 5) is 21.9. The van der Waals surface area contributed by atoms with Crippen molar-refractivity contribution in [3.05, 3.63) is 96.2 Å². The van der Waals surface area contributed by atoms with Crippen LogP contribution >= 0.6 is 0 Å². The summed E-state index contributed by atoms with van der Waals surface area (Å²) < 4.78 is 0. The molecule has 3 heterocycles. The van der Waals surface area contributed by atoms with E-state index in [1.54, 1.807) is 12.4 Å². The maximum absolute atomic E-state index is 4.89. The van der Waals surface area contributed by atoms with Crippen LogP contribution in [0, 0.1) is 6.92 Å². The normalized spacial score (nSPS) is 11.1. The number of aromatic amines is 1. The number of rotatable bonds is 6. The maximum Gasteiger partial charge on any atom is 0.121 e. The lowest BCUT2D eigenvalue weighted by molar-refractivity contribution is 0.669. The summed E-state index contributed by atoms with van der Waals surface area (Å²) in [7, 11) is 0. The van der Waals surface area contributed by atoms with Crippen LogP contribution in [-0.4, -0.2) is 24.9 Å². The molecular weight excluding hydrogens is 384 g/mol. The lowest BCUT2D eigenvalue weighted by atomic mass is 10.1. The molecule has 0 fully saturated rings. The molecule has 0 aliphatic heterocycles. The highest BCUT2D eigenvalue weighted by Crippen LogP contribution is 2.30. The summed E-state index contributed by atoms with van der Waals surface area (Å²) in [6.07, 6.45) is 3.41. The van der Waals surface area contributed by atoms with Crippen LogP contribution in [0.15, 0.2) is 79.1 Å². The Labute approximate surface area is 180 Å². The Hall–Kier alpha value is -3.90. The summed E-state index contributed by atoms with van der Waals surface area (Å²) in [5, 5.41) is 3.47. The van der Waals surface area contributed by atoms with E-state index < -0.39 is 0 Å².